The lowest BCUT2D eigenvalue weighted by atomic mass is 9.73. The van der Waals surface area contributed by atoms with E-state index >= 15 is 0 Å². The molecule has 1 aliphatic heterocycles. The minimum Gasteiger partial charge on any atom is -0.460 e. The van der Waals surface area contributed by atoms with Crippen molar-refractivity contribution in [1.82, 2.24) is 0 Å². The molecule has 0 radical (unpaired) electrons. The Hall–Kier alpha value is -6.38. The van der Waals surface area contributed by atoms with E-state index in [4.69, 9.17) is 9.15 Å². The van der Waals surface area contributed by atoms with E-state index < -0.39 is 0 Å². The normalized spacial score (nSPS) is 19.4. The van der Waals surface area contributed by atoms with Crippen molar-refractivity contribution in [2.45, 2.75) is 32.1 Å². The van der Waals surface area contributed by atoms with Crippen LogP contribution in [-0.4, -0.2) is 0 Å². The summed E-state index contributed by atoms with van der Waals surface area (Å²) in [5.41, 5.74) is 13.2. The Morgan fingerprint density at radius 3 is 1.96 bits per heavy atom. The molecule has 11 rings (SSSR count). The topological polar surface area (TPSA) is 22.4 Å². The predicted molar refractivity (Wildman–Crippen MR) is 225 cm³/mol. The monoisotopic (exact) mass is 694 g/mol. The first-order valence-corrected chi connectivity index (χ1v) is 19.3. The van der Waals surface area contributed by atoms with E-state index in [-0.39, 0.29) is 11.8 Å². The molecule has 0 amide bonds. The van der Waals surface area contributed by atoms with Crippen LogP contribution in [0.1, 0.15) is 48.8 Å². The van der Waals surface area contributed by atoms with Crippen LogP contribution in [0.2, 0.25) is 0 Å². The largest absolute Gasteiger partial charge is 0.460 e. The standard InChI is InChI=1S/C52H38O2/c1-2-38-39(23-12-24-40(32-14-4-3-5-15-32)52-49(38)44-22-8-9-26-46(44)54-52)36-19-11-17-34(29-36)33-16-10-18-35(28-33)37-30-45-42-21-7-6-20-41(42)43-25-13-27-47-50(43)51(45)48(31-37)53-47/h3-11,13-23,25-31,38,49H,2,12,24H2,1H3/b39-23-,52-40-. The second-order valence-corrected chi connectivity index (χ2v) is 14.9. The van der Waals surface area contributed by atoms with Gasteiger partial charge in [0, 0.05) is 16.3 Å². The van der Waals surface area contributed by atoms with Crippen molar-refractivity contribution in [2.75, 3.05) is 0 Å². The van der Waals surface area contributed by atoms with Gasteiger partial charge in [0.15, 0.2) is 0 Å². The van der Waals surface area contributed by atoms with Crippen molar-refractivity contribution in [3.63, 3.8) is 0 Å². The molecular weight excluding hydrogens is 657 g/mol. The Morgan fingerprint density at radius 1 is 0.519 bits per heavy atom. The molecule has 2 nitrogen and oxygen atoms in total. The van der Waals surface area contributed by atoms with E-state index in [1.54, 1.807) is 0 Å². The molecule has 0 bridgehead atoms. The maximum Gasteiger partial charge on any atom is 0.136 e. The third kappa shape index (κ3) is 4.80. The third-order valence-corrected chi connectivity index (χ3v) is 12.0. The highest BCUT2D eigenvalue weighted by molar-refractivity contribution is 6.33. The quantitative estimate of drug-likeness (QED) is 0.167. The molecule has 0 N–H and O–H groups in total. The van der Waals surface area contributed by atoms with Crippen LogP contribution in [0.4, 0.5) is 0 Å². The number of rotatable bonds is 5. The molecule has 2 heteroatoms. The van der Waals surface area contributed by atoms with E-state index in [1.807, 2.05) is 0 Å². The van der Waals surface area contributed by atoms with Gasteiger partial charge >= 0.3 is 0 Å². The van der Waals surface area contributed by atoms with E-state index in [2.05, 4.69) is 171 Å². The van der Waals surface area contributed by atoms with Gasteiger partial charge in [-0.25, -0.2) is 0 Å². The molecule has 2 heterocycles. The second kappa shape index (κ2) is 12.4. The maximum atomic E-state index is 6.81. The second-order valence-electron chi connectivity index (χ2n) is 14.9. The number of para-hydroxylation sites is 1. The minimum atomic E-state index is 0.162. The summed E-state index contributed by atoms with van der Waals surface area (Å²) >= 11 is 0. The molecule has 258 valence electrons. The Bertz CT molecular complexity index is 2960. The van der Waals surface area contributed by atoms with Crippen LogP contribution >= 0.6 is 0 Å². The number of ether oxygens (including phenoxy) is 1. The summed E-state index contributed by atoms with van der Waals surface area (Å²) < 4.78 is 13.4. The smallest absolute Gasteiger partial charge is 0.136 e. The van der Waals surface area contributed by atoms with Crippen molar-refractivity contribution >= 4 is 54.6 Å². The zero-order chi connectivity index (χ0) is 35.8. The molecule has 1 aromatic heterocycles. The summed E-state index contributed by atoms with van der Waals surface area (Å²) in [4.78, 5) is 0. The number of fused-ring (bicyclic) bond motifs is 6. The third-order valence-electron chi connectivity index (χ3n) is 12.0. The minimum absolute atomic E-state index is 0.162. The lowest BCUT2D eigenvalue weighted by Crippen LogP contribution is -2.17. The van der Waals surface area contributed by atoms with Gasteiger partial charge in [0.25, 0.3) is 0 Å². The van der Waals surface area contributed by atoms with Crippen LogP contribution in [0.5, 0.6) is 5.75 Å². The summed E-state index contributed by atoms with van der Waals surface area (Å²) in [5, 5.41) is 7.46. The highest BCUT2D eigenvalue weighted by Crippen LogP contribution is 2.54. The Labute approximate surface area is 315 Å². The summed E-state index contributed by atoms with van der Waals surface area (Å²) in [6.07, 6.45) is 5.43. The van der Waals surface area contributed by atoms with Gasteiger partial charge in [-0.05, 0) is 128 Å². The molecule has 2 aliphatic rings. The molecule has 2 atom stereocenters. The lowest BCUT2D eigenvalue weighted by Gasteiger charge is -2.30. The molecule has 0 spiro atoms. The first-order valence-electron chi connectivity index (χ1n) is 19.3. The van der Waals surface area contributed by atoms with E-state index in [0.717, 1.165) is 47.5 Å². The number of allylic oxidation sites excluding steroid dienone is 4. The van der Waals surface area contributed by atoms with Gasteiger partial charge in [0.1, 0.15) is 22.7 Å². The zero-order valence-electron chi connectivity index (χ0n) is 30.2. The molecule has 54 heavy (non-hydrogen) atoms. The van der Waals surface area contributed by atoms with Crippen LogP contribution in [-0.2, 0) is 0 Å². The molecular formula is C52H38O2. The number of benzene rings is 8. The van der Waals surface area contributed by atoms with Gasteiger partial charge in [0.05, 0.1) is 5.92 Å². The number of hydrogen-bond donors (Lipinski definition) is 0. The first kappa shape index (κ1) is 31.2. The van der Waals surface area contributed by atoms with Crippen molar-refractivity contribution in [3.8, 4) is 28.0 Å². The number of hydrogen-bond acceptors (Lipinski definition) is 2. The lowest BCUT2D eigenvalue weighted by molar-refractivity contribution is 0.400. The molecule has 9 aromatic rings. The number of furan rings is 1. The maximum absolute atomic E-state index is 6.81. The molecule has 0 saturated carbocycles. The zero-order valence-corrected chi connectivity index (χ0v) is 30.2. The van der Waals surface area contributed by atoms with Gasteiger partial charge in [-0.15, -0.1) is 0 Å². The average Bonchev–Trinajstić information content (AvgIpc) is 3.80. The highest BCUT2D eigenvalue weighted by Gasteiger charge is 2.39. The predicted octanol–water partition coefficient (Wildman–Crippen LogP) is 14.5. The molecule has 8 aromatic carbocycles. The fourth-order valence-corrected chi connectivity index (χ4v) is 9.60. The summed E-state index contributed by atoms with van der Waals surface area (Å²) in [6, 6.07) is 57.5. The summed E-state index contributed by atoms with van der Waals surface area (Å²) in [7, 11) is 0. The van der Waals surface area contributed by atoms with Crippen LogP contribution in [0.15, 0.2) is 174 Å². The SMILES string of the molecule is CCC1/C(c2cccc(-c3cccc(-c4cc5oc6cccc7c8ccccc8c(c4)c5c67)c3)c2)=C\CC/C(c2ccccc2)=C2/Oc3ccccc3C21. The molecule has 0 fully saturated rings. The van der Waals surface area contributed by atoms with Gasteiger partial charge in [0.2, 0.25) is 0 Å². The van der Waals surface area contributed by atoms with Gasteiger partial charge in [-0.2, -0.15) is 0 Å². The van der Waals surface area contributed by atoms with Gasteiger partial charge < -0.3 is 9.15 Å². The van der Waals surface area contributed by atoms with Crippen LogP contribution in [0.3, 0.4) is 0 Å². The Balaban J connectivity index is 1.00. The van der Waals surface area contributed by atoms with E-state index in [1.165, 1.54) is 76.8 Å². The van der Waals surface area contributed by atoms with Crippen LogP contribution < -0.4 is 4.74 Å². The van der Waals surface area contributed by atoms with Crippen LogP contribution in [0.25, 0.3) is 76.9 Å². The fourth-order valence-electron chi connectivity index (χ4n) is 9.60. The fraction of sp³-hybridized carbons (Fsp3) is 0.115. The Morgan fingerprint density at radius 2 is 1.15 bits per heavy atom. The molecule has 1 aliphatic carbocycles. The van der Waals surface area contributed by atoms with Crippen molar-refractivity contribution in [1.29, 1.82) is 0 Å². The van der Waals surface area contributed by atoms with Gasteiger partial charge in [-0.3, -0.25) is 0 Å². The summed E-state index contributed by atoms with van der Waals surface area (Å²) in [6.45, 7) is 2.33. The van der Waals surface area contributed by atoms with Crippen LogP contribution in [0, 0.1) is 5.92 Å². The van der Waals surface area contributed by atoms with Crippen molar-refractivity contribution in [2.24, 2.45) is 5.92 Å². The molecule has 0 saturated heterocycles. The van der Waals surface area contributed by atoms with E-state index in [0.29, 0.717) is 0 Å². The van der Waals surface area contributed by atoms with Gasteiger partial charge in [-0.1, -0.05) is 134 Å². The first-order chi connectivity index (χ1) is 26.7. The van der Waals surface area contributed by atoms with Crippen molar-refractivity contribution in [3.05, 3.63) is 186 Å². The van der Waals surface area contributed by atoms with E-state index in [9.17, 15) is 0 Å². The average molecular weight is 695 g/mol. The summed E-state index contributed by atoms with van der Waals surface area (Å²) in [5.74, 6) is 2.56. The highest BCUT2D eigenvalue weighted by atomic mass is 16.5. The molecule has 2 unspecified atom stereocenters. The Kier molecular flexibility index (Phi) is 7.13. The van der Waals surface area contributed by atoms with Crippen molar-refractivity contribution < 1.29 is 9.15 Å².